The van der Waals surface area contributed by atoms with Crippen molar-refractivity contribution in [2.75, 3.05) is 27.4 Å². The molecule has 5 atom stereocenters. The summed E-state index contributed by atoms with van der Waals surface area (Å²) in [6.07, 6.45) is 4.09. The molecule has 5 heterocycles. The monoisotopic (exact) mass is 737 g/mol. The molecule has 2 aromatic heterocycles. The number of benzene rings is 2. The van der Waals surface area contributed by atoms with E-state index in [9.17, 15) is 19.5 Å². The van der Waals surface area contributed by atoms with Crippen molar-refractivity contribution in [2.45, 2.75) is 83.6 Å². The number of imidazole rings is 2. The fraction of sp³-hybridized carbons (Fsp3) is 0.475. The molecule has 14 heteroatoms. The van der Waals surface area contributed by atoms with Gasteiger partial charge in [-0.2, -0.15) is 0 Å². The molecule has 8 rings (SSSR count). The SMILES string of the molecule is COC[C@H]1C[C@@H](c2ncc(-c3ccc4c(c3)COc3cc5c(cc3-4)CCc3[nH]c(C4CCC(C)N4C(=O)[C@@H](NC(=O)OC)C(C)C)nc3-5)[nH]2)N(C(=O)O)C1. The van der Waals surface area contributed by atoms with Gasteiger partial charge in [-0.25, -0.2) is 19.6 Å². The predicted octanol–water partition coefficient (Wildman–Crippen LogP) is 6.24. The van der Waals surface area contributed by atoms with Crippen molar-refractivity contribution in [3.05, 3.63) is 65.0 Å². The van der Waals surface area contributed by atoms with Gasteiger partial charge >= 0.3 is 12.2 Å². The summed E-state index contributed by atoms with van der Waals surface area (Å²) in [5, 5.41) is 12.6. The zero-order valence-corrected chi connectivity index (χ0v) is 31.3. The fourth-order valence-electron chi connectivity index (χ4n) is 8.82. The van der Waals surface area contributed by atoms with Crippen LogP contribution in [-0.2, 0) is 33.7 Å². The van der Waals surface area contributed by atoms with E-state index in [0.717, 1.165) is 82.2 Å². The van der Waals surface area contributed by atoms with Crippen LogP contribution < -0.4 is 10.1 Å². The summed E-state index contributed by atoms with van der Waals surface area (Å²) in [4.78, 5) is 58.1. The predicted molar refractivity (Wildman–Crippen MR) is 199 cm³/mol. The van der Waals surface area contributed by atoms with Gasteiger partial charge in [-0.3, -0.25) is 9.69 Å². The number of nitrogens with one attached hydrogen (secondary N) is 3. The zero-order valence-electron chi connectivity index (χ0n) is 31.3. The Hall–Kier alpha value is -5.37. The van der Waals surface area contributed by atoms with Gasteiger partial charge in [-0.1, -0.05) is 26.0 Å². The molecule has 4 aliphatic rings. The summed E-state index contributed by atoms with van der Waals surface area (Å²) in [6, 6.07) is 9.35. The number of hydrogen-bond donors (Lipinski definition) is 4. The van der Waals surface area contributed by atoms with E-state index in [1.165, 1.54) is 17.6 Å². The van der Waals surface area contributed by atoms with E-state index < -0.39 is 18.2 Å². The summed E-state index contributed by atoms with van der Waals surface area (Å²) in [6.45, 7) is 7.20. The van der Waals surface area contributed by atoms with Crippen LogP contribution in [0.1, 0.15) is 80.6 Å². The van der Waals surface area contributed by atoms with E-state index >= 15 is 0 Å². The van der Waals surface area contributed by atoms with Crippen LogP contribution in [0.4, 0.5) is 9.59 Å². The second kappa shape index (κ2) is 14.1. The van der Waals surface area contributed by atoms with Crippen molar-refractivity contribution >= 4 is 18.1 Å². The number of carbonyl (C=O) groups is 3. The minimum atomic E-state index is -0.958. The van der Waals surface area contributed by atoms with Crippen LogP contribution in [0.25, 0.3) is 33.6 Å². The number of aromatic nitrogens is 4. The molecule has 4 aromatic rings. The highest BCUT2D eigenvalue weighted by molar-refractivity contribution is 5.87. The second-order valence-electron chi connectivity index (χ2n) is 15.4. The average molecular weight is 738 g/mol. The lowest BCUT2D eigenvalue weighted by Gasteiger charge is -2.32. The van der Waals surface area contributed by atoms with Gasteiger partial charge in [-0.15, -0.1) is 0 Å². The quantitative estimate of drug-likeness (QED) is 0.163. The van der Waals surface area contributed by atoms with Crippen LogP contribution in [0.3, 0.4) is 0 Å². The van der Waals surface area contributed by atoms with Crippen molar-refractivity contribution in [1.29, 1.82) is 0 Å². The molecule has 4 N–H and O–H groups in total. The number of hydrogen-bond acceptors (Lipinski definition) is 8. The largest absolute Gasteiger partial charge is 0.488 e. The maximum absolute atomic E-state index is 13.9. The molecule has 2 aromatic carbocycles. The van der Waals surface area contributed by atoms with Crippen LogP contribution in [0, 0.1) is 11.8 Å². The zero-order chi connectivity index (χ0) is 37.8. The normalized spacial score (nSPS) is 21.9. The van der Waals surface area contributed by atoms with Crippen LogP contribution in [0.2, 0.25) is 0 Å². The third kappa shape index (κ3) is 6.25. The Kier molecular flexibility index (Phi) is 9.32. The first-order valence-electron chi connectivity index (χ1n) is 18.8. The Balaban J connectivity index is 1.04. The summed E-state index contributed by atoms with van der Waals surface area (Å²) in [5.74, 6) is 2.07. The number of fused-ring (bicyclic) bond motifs is 6. The molecule has 0 radical (unpaired) electrons. The lowest BCUT2D eigenvalue weighted by atomic mass is 9.86. The van der Waals surface area contributed by atoms with Crippen LogP contribution in [0.15, 0.2) is 36.5 Å². The highest BCUT2D eigenvalue weighted by Crippen LogP contribution is 2.46. The Bertz CT molecular complexity index is 2110. The van der Waals surface area contributed by atoms with E-state index in [2.05, 4.69) is 50.6 Å². The lowest BCUT2D eigenvalue weighted by molar-refractivity contribution is -0.137. The van der Waals surface area contributed by atoms with Gasteiger partial charge in [0.25, 0.3) is 0 Å². The van der Waals surface area contributed by atoms with E-state index in [0.29, 0.717) is 32.0 Å². The van der Waals surface area contributed by atoms with E-state index in [4.69, 9.17) is 19.2 Å². The summed E-state index contributed by atoms with van der Waals surface area (Å²) >= 11 is 0. The maximum atomic E-state index is 13.9. The van der Waals surface area contributed by atoms with Gasteiger partial charge in [-0.05, 0) is 85.4 Å². The molecule has 284 valence electrons. The van der Waals surface area contributed by atoms with Gasteiger partial charge < -0.3 is 39.5 Å². The smallest absolute Gasteiger partial charge is 0.407 e. The summed E-state index contributed by atoms with van der Waals surface area (Å²) < 4.78 is 16.5. The van der Waals surface area contributed by atoms with Gasteiger partial charge in [0, 0.05) is 42.4 Å². The van der Waals surface area contributed by atoms with Crippen LogP contribution in [0.5, 0.6) is 5.75 Å². The molecule has 0 bridgehead atoms. The molecule has 3 aliphatic heterocycles. The number of aromatic amines is 2. The number of aryl methyl sites for hydroxylation is 2. The van der Waals surface area contributed by atoms with Crippen molar-refractivity contribution in [2.24, 2.45) is 11.8 Å². The minimum Gasteiger partial charge on any atom is -0.488 e. The van der Waals surface area contributed by atoms with Gasteiger partial charge in [0.1, 0.15) is 30.0 Å². The topological polar surface area (TPSA) is 175 Å². The third-order valence-electron chi connectivity index (χ3n) is 11.6. The van der Waals surface area contributed by atoms with Gasteiger partial charge in [0.05, 0.1) is 43.4 Å². The second-order valence-corrected chi connectivity index (χ2v) is 15.4. The van der Waals surface area contributed by atoms with Crippen molar-refractivity contribution < 1.29 is 33.7 Å². The van der Waals surface area contributed by atoms with E-state index in [1.54, 1.807) is 13.3 Å². The Labute approximate surface area is 313 Å². The fourth-order valence-corrected chi connectivity index (χ4v) is 8.82. The number of ether oxygens (including phenoxy) is 3. The highest BCUT2D eigenvalue weighted by atomic mass is 16.5. The molecule has 2 saturated heterocycles. The number of carbonyl (C=O) groups excluding carboxylic acids is 2. The molecule has 14 nitrogen and oxygen atoms in total. The number of H-pyrrole nitrogens is 2. The molecule has 2 unspecified atom stereocenters. The summed E-state index contributed by atoms with van der Waals surface area (Å²) in [7, 11) is 2.93. The number of carboxylic acid groups (broad SMARTS) is 1. The Morgan fingerprint density at radius 1 is 1.02 bits per heavy atom. The number of rotatable bonds is 8. The van der Waals surface area contributed by atoms with Gasteiger partial charge in [0.2, 0.25) is 5.91 Å². The number of alkyl carbamates (subject to hydrolysis) is 1. The van der Waals surface area contributed by atoms with Crippen LogP contribution in [-0.4, -0.2) is 92.4 Å². The van der Waals surface area contributed by atoms with Crippen molar-refractivity contribution in [3.8, 4) is 39.4 Å². The van der Waals surface area contributed by atoms with E-state index in [1.807, 2.05) is 25.7 Å². The molecule has 54 heavy (non-hydrogen) atoms. The highest BCUT2D eigenvalue weighted by Gasteiger charge is 2.42. The molecule has 2 fully saturated rings. The molecule has 3 amide bonds. The first-order valence-corrected chi connectivity index (χ1v) is 18.8. The Morgan fingerprint density at radius 3 is 2.61 bits per heavy atom. The minimum absolute atomic E-state index is 0.00243. The number of methoxy groups -OCH3 is 2. The number of likely N-dealkylation sites (tertiary alicyclic amines) is 2. The first kappa shape index (κ1) is 35.6. The van der Waals surface area contributed by atoms with Gasteiger partial charge in [0.15, 0.2) is 0 Å². The van der Waals surface area contributed by atoms with Crippen molar-refractivity contribution in [1.82, 2.24) is 35.1 Å². The Morgan fingerprint density at radius 2 is 1.85 bits per heavy atom. The lowest BCUT2D eigenvalue weighted by Crippen LogP contribution is -2.52. The molecular formula is C40H47N7O7. The number of nitrogens with zero attached hydrogens (tertiary/aromatic N) is 4. The molecular weight excluding hydrogens is 690 g/mol. The standard InChI is InChI=1S/C40H47N7O7/c1-20(2)34(45-39(49)53-5)38(48)47-21(3)6-11-31(47)37-42-29-10-8-23-14-28-26-9-7-24(13-25(26)19-54-33(28)15-27(23)35(29)44-37)30-16-41-36(43-30)32-12-22(18-52-4)17-46(32)40(50)51/h7,9,13-16,20-22,31-32,34H,6,8,10-12,17-19H2,1-5H3,(H,41,43)(H,42,44)(H,45,49)(H,50,51)/t21?,22-,31?,32-,34-/m0/s1. The average Bonchev–Trinajstić information content (AvgIpc) is 3.98. The number of amides is 3. The maximum Gasteiger partial charge on any atom is 0.407 e. The van der Waals surface area contributed by atoms with Crippen molar-refractivity contribution in [3.63, 3.8) is 0 Å². The van der Waals surface area contributed by atoms with Crippen LogP contribution >= 0.6 is 0 Å². The molecule has 0 saturated carbocycles. The summed E-state index contributed by atoms with van der Waals surface area (Å²) in [5.41, 5.74) is 9.16. The third-order valence-corrected chi connectivity index (χ3v) is 11.6. The first-order chi connectivity index (χ1) is 26.0. The molecule has 1 aliphatic carbocycles. The molecule has 0 spiro atoms. The van der Waals surface area contributed by atoms with E-state index in [-0.39, 0.29) is 35.9 Å².